The molecule has 2 aromatic rings. The number of para-hydroxylation sites is 1. The lowest BCUT2D eigenvalue weighted by atomic mass is 10.3. The van der Waals surface area contributed by atoms with Crippen LogP contribution < -0.4 is 14.5 Å². The second-order valence-corrected chi connectivity index (χ2v) is 7.68. The lowest BCUT2D eigenvalue weighted by molar-refractivity contribution is -0.119. The third-order valence-corrected chi connectivity index (χ3v) is 4.34. The number of rotatable bonds is 7. The van der Waals surface area contributed by atoms with Crippen molar-refractivity contribution >= 4 is 27.3 Å². The number of hydrogen-bond acceptors (Lipinski definition) is 5. The average Bonchev–Trinajstić information content (AvgIpc) is 2.59. The summed E-state index contributed by atoms with van der Waals surface area (Å²) in [6.45, 7) is 3.08. The third kappa shape index (κ3) is 5.89. The van der Waals surface area contributed by atoms with Crippen LogP contribution >= 0.6 is 0 Å². The van der Waals surface area contributed by atoms with Gasteiger partial charge in [-0.15, -0.1) is 0 Å². The molecular weight excluding hydrogens is 354 g/mol. The highest BCUT2D eigenvalue weighted by atomic mass is 32.2. The number of hydrogen-bond donors (Lipinski definition) is 1. The van der Waals surface area contributed by atoms with Crippen molar-refractivity contribution in [2.45, 2.75) is 13.8 Å². The summed E-state index contributed by atoms with van der Waals surface area (Å²) in [6.07, 6.45) is 1.04. The van der Waals surface area contributed by atoms with Gasteiger partial charge in [0.1, 0.15) is 18.0 Å². The Morgan fingerprint density at radius 2 is 1.62 bits per heavy atom. The number of hydrazone groups is 1. The van der Waals surface area contributed by atoms with Gasteiger partial charge in [-0.05, 0) is 50.2 Å². The smallest absolute Gasteiger partial charge is 0.260 e. The minimum atomic E-state index is -3.64. The Bertz CT molecular complexity index is 874. The fourth-order valence-electron chi connectivity index (χ4n) is 2.05. The number of ether oxygens (including phenoxy) is 1. The van der Waals surface area contributed by atoms with Crippen molar-refractivity contribution in [3.8, 4) is 11.5 Å². The van der Waals surface area contributed by atoms with Gasteiger partial charge in [0, 0.05) is 5.71 Å². The van der Waals surface area contributed by atoms with Crippen molar-refractivity contribution < 1.29 is 17.9 Å². The Morgan fingerprint density at radius 3 is 2.15 bits per heavy atom. The van der Waals surface area contributed by atoms with E-state index in [4.69, 9.17) is 4.74 Å². The fraction of sp³-hybridized carbons (Fsp3) is 0.222. The van der Waals surface area contributed by atoms with E-state index in [9.17, 15) is 13.2 Å². The first-order chi connectivity index (χ1) is 12.3. The number of anilines is 1. The van der Waals surface area contributed by atoms with Crippen molar-refractivity contribution in [3.63, 3.8) is 0 Å². The summed E-state index contributed by atoms with van der Waals surface area (Å²) in [5.74, 6) is 0.706. The molecule has 0 atom stereocenters. The van der Waals surface area contributed by atoms with Crippen LogP contribution in [0.2, 0.25) is 0 Å². The molecule has 0 aliphatic heterocycles. The second-order valence-electron chi connectivity index (χ2n) is 5.77. The normalized spacial score (nSPS) is 10.7. The number of benzene rings is 2. The van der Waals surface area contributed by atoms with Crippen LogP contribution in [0.5, 0.6) is 11.5 Å². The highest BCUT2D eigenvalue weighted by molar-refractivity contribution is 7.92. The predicted molar refractivity (Wildman–Crippen MR) is 102 cm³/mol. The van der Waals surface area contributed by atoms with Gasteiger partial charge in [0.25, 0.3) is 5.91 Å². The van der Waals surface area contributed by atoms with E-state index < -0.39 is 15.9 Å². The average molecular weight is 375 g/mol. The van der Waals surface area contributed by atoms with Gasteiger partial charge in [0.05, 0.1) is 11.9 Å². The van der Waals surface area contributed by atoms with Crippen LogP contribution in [0.15, 0.2) is 59.7 Å². The van der Waals surface area contributed by atoms with Crippen molar-refractivity contribution in [1.82, 2.24) is 5.43 Å². The molecule has 0 fully saturated rings. The topological polar surface area (TPSA) is 88.1 Å². The van der Waals surface area contributed by atoms with Gasteiger partial charge in [0.15, 0.2) is 0 Å². The molecule has 1 N–H and O–H groups in total. The zero-order valence-electron chi connectivity index (χ0n) is 14.8. The number of amides is 1. The van der Waals surface area contributed by atoms with Crippen molar-refractivity contribution in [2.75, 3.05) is 17.1 Å². The molecule has 2 rings (SSSR count). The summed E-state index contributed by atoms with van der Waals surface area (Å²) >= 11 is 0. The van der Waals surface area contributed by atoms with E-state index in [1.54, 1.807) is 38.1 Å². The van der Waals surface area contributed by atoms with Gasteiger partial charge in [-0.1, -0.05) is 18.2 Å². The Labute approximate surface area is 153 Å². The fourth-order valence-corrected chi connectivity index (χ4v) is 2.90. The van der Waals surface area contributed by atoms with Gasteiger partial charge in [-0.2, -0.15) is 5.10 Å². The van der Waals surface area contributed by atoms with Crippen LogP contribution in [0.1, 0.15) is 13.8 Å². The maximum Gasteiger partial charge on any atom is 0.260 e. The summed E-state index contributed by atoms with van der Waals surface area (Å²) < 4.78 is 30.8. The number of nitrogens with one attached hydrogen (secondary N) is 1. The maximum atomic E-state index is 12.1. The number of carbonyl (C=O) groups is 1. The van der Waals surface area contributed by atoms with Gasteiger partial charge in [-0.25, -0.2) is 13.8 Å². The molecule has 1 amide bonds. The maximum absolute atomic E-state index is 12.1. The third-order valence-electron chi connectivity index (χ3n) is 3.20. The van der Waals surface area contributed by atoms with E-state index in [0.29, 0.717) is 22.9 Å². The molecule has 0 unspecified atom stereocenters. The first-order valence-electron chi connectivity index (χ1n) is 7.86. The van der Waals surface area contributed by atoms with Gasteiger partial charge in [-0.3, -0.25) is 9.10 Å². The number of carbonyl (C=O) groups excluding carboxylic acids is 1. The van der Waals surface area contributed by atoms with E-state index in [1.165, 1.54) is 0 Å². The highest BCUT2D eigenvalue weighted by Crippen LogP contribution is 2.25. The Balaban J connectivity index is 2.15. The highest BCUT2D eigenvalue weighted by Gasteiger charge is 2.20. The SMILES string of the molecule is CC(C)=NNC(=O)CN(c1ccc(Oc2ccccc2)cc1)S(C)(=O)=O. The summed E-state index contributed by atoms with van der Waals surface area (Å²) in [7, 11) is -3.64. The Kier molecular flexibility index (Phi) is 6.35. The van der Waals surface area contributed by atoms with Crippen molar-refractivity contribution in [1.29, 1.82) is 0 Å². The monoisotopic (exact) mass is 375 g/mol. The molecule has 0 saturated carbocycles. The summed E-state index contributed by atoms with van der Waals surface area (Å²) in [5.41, 5.74) is 3.34. The first kappa shape index (κ1) is 19.5. The van der Waals surface area contributed by atoms with Crippen molar-refractivity contribution in [2.24, 2.45) is 5.10 Å². The van der Waals surface area contributed by atoms with Crippen LogP contribution in [0.3, 0.4) is 0 Å². The number of sulfonamides is 1. The lowest BCUT2D eigenvalue weighted by Gasteiger charge is -2.21. The molecule has 26 heavy (non-hydrogen) atoms. The zero-order chi connectivity index (χ0) is 19.2. The summed E-state index contributed by atoms with van der Waals surface area (Å²) in [4.78, 5) is 11.9. The van der Waals surface area contributed by atoms with E-state index in [0.717, 1.165) is 10.6 Å². The molecule has 8 heteroatoms. The van der Waals surface area contributed by atoms with E-state index in [2.05, 4.69) is 10.5 Å². The second kappa shape index (κ2) is 8.48. The van der Waals surface area contributed by atoms with E-state index >= 15 is 0 Å². The van der Waals surface area contributed by atoms with E-state index in [1.807, 2.05) is 30.3 Å². The van der Waals surface area contributed by atoms with Gasteiger partial charge in [0.2, 0.25) is 10.0 Å². The van der Waals surface area contributed by atoms with Gasteiger partial charge >= 0.3 is 0 Å². The van der Waals surface area contributed by atoms with Crippen LogP contribution in [0.25, 0.3) is 0 Å². The molecule has 0 bridgehead atoms. The standard InChI is InChI=1S/C18H21N3O4S/c1-14(2)19-20-18(22)13-21(26(3,23)24)15-9-11-17(12-10-15)25-16-7-5-4-6-8-16/h4-12H,13H2,1-3H3,(H,20,22). The van der Waals surface area contributed by atoms with Crippen LogP contribution in [0.4, 0.5) is 5.69 Å². The quantitative estimate of drug-likeness (QED) is 0.595. The zero-order valence-corrected chi connectivity index (χ0v) is 15.7. The number of nitrogens with zero attached hydrogens (tertiary/aromatic N) is 2. The molecule has 0 heterocycles. The van der Waals surface area contributed by atoms with Crippen LogP contribution in [-0.2, 0) is 14.8 Å². The molecule has 0 saturated heterocycles. The predicted octanol–water partition coefficient (Wildman–Crippen LogP) is 2.76. The van der Waals surface area contributed by atoms with E-state index in [-0.39, 0.29) is 6.54 Å². The molecule has 0 radical (unpaired) electrons. The Hall–Kier alpha value is -2.87. The van der Waals surface area contributed by atoms with Crippen LogP contribution in [0, 0.1) is 0 Å². The van der Waals surface area contributed by atoms with Gasteiger partial charge < -0.3 is 4.74 Å². The minimum absolute atomic E-state index is 0.361. The van der Waals surface area contributed by atoms with Crippen molar-refractivity contribution in [3.05, 3.63) is 54.6 Å². The molecule has 2 aromatic carbocycles. The first-order valence-corrected chi connectivity index (χ1v) is 9.71. The van der Waals surface area contributed by atoms with Crippen LogP contribution in [-0.4, -0.2) is 32.8 Å². The molecular formula is C18H21N3O4S. The summed E-state index contributed by atoms with van der Waals surface area (Å²) in [5, 5.41) is 3.79. The molecule has 0 spiro atoms. The largest absolute Gasteiger partial charge is 0.457 e. The molecule has 0 aromatic heterocycles. The minimum Gasteiger partial charge on any atom is -0.457 e. The molecule has 0 aliphatic rings. The molecule has 7 nitrogen and oxygen atoms in total. The summed E-state index contributed by atoms with van der Waals surface area (Å²) in [6, 6.07) is 15.7. The lowest BCUT2D eigenvalue weighted by Crippen LogP contribution is -2.39. The molecule has 138 valence electrons. The Morgan fingerprint density at radius 1 is 1.04 bits per heavy atom. The molecule has 0 aliphatic carbocycles.